The zero-order valence-corrected chi connectivity index (χ0v) is 11.0. The molecule has 1 aliphatic carbocycles. The van der Waals surface area contributed by atoms with Crippen molar-refractivity contribution in [2.45, 2.75) is 31.7 Å². The molecular weight excluding hydrogens is 258 g/mol. The van der Waals surface area contributed by atoms with E-state index in [4.69, 9.17) is 0 Å². The van der Waals surface area contributed by atoms with Crippen molar-refractivity contribution in [2.75, 3.05) is 7.05 Å². The second-order valence-electron chi connectivity index (χ2n) is 3.95. The van der Waals surface area contributed by atoms with Gasteiger partial charge in [0.2, 0.25) is 0 Å². The topological polar surface area (TPSA) is 12.0 Å². The predicted molar refractivity (Wildman–Crippen MR) is 66.0 cm³/mol. The van der Waals surface area contributed by atoms with Crippen LogP contribution in [0.2, 0.25) is 0 Å². The van der Waals surface area contributed by atoms with Crippen LogP contribution in [-0.2, 0) is 0 Å². The maximum absolute atomic E-state index is 3.53. The highest BCUT2D eigenvalue weighted by Crippen LogP contribution is 2.47. The first-order chi connectivity index (χ1) is 6.76. The van der Waals surface area contributed by atoms with Gasteiger partial charge in [-0.1, -0.05) is 13.3 Å². The van der Waals surface area contributed by atoms with Gasteiger partial charge >= 0.3 is 0 Å². The Morgan fingerprint density at radius 2 is 2.36 bits per heavy atom. The van der Waals surface area contributed by atoms with Gasteiger partial charge in [0.05, 0.1) is 3.79 Å². The van der Waals surface area contributed by atoms with E-state index in [-0.39, 0.29) is 0 Å². The van der Waals surface area contributed by atoms with E-state index >= 15 is 0 Å². The van der Waals surface area contributed by atoms with Crippen LogP contribution in [0.15, 0.2) is 15.9 Å². The van der Waals surface area contributed by atoms with Gasteiger partial charge in [0.1, 0.15) is 0 Å². The van der Waals surface area contributed by atoms with Crippen LogP contribution >= 0.6 is 27.3 Å². The Morgan fingerprint density at radius 1 is 1.57 bits per heavy atom. The molecule has 1 aromatic heterocycles. The Kier molecular flexibility index (Phi) is 3.30. The molecule has 0 amide bonds. The first-order valence-electron chi connectivity index (χ1n) is 5.18. The summed E-state index contributed by atoms with van der Waals surface area (Å²) in [5.41, 5.74) is 0. The summed E-state index contributed by atoms with van der Waals surface area (Å²) in [6.45, 7) is 2.30. The van der Waals surface area contributed by atoms with Crippen LogP contribution in [0.25, 0.3) is 0 Å². The SMILES string of the molecule is CCC1C(NC)CC1c1ccc(Br)s1. The highest BCUT2D eigenvalue weighted by Gasteiger charge is 2.40. The molecule has 2 rings (SSSR count). The molecule has 1 nitrogen and oxygen atoms in total. The van der Waals surface area contributed by atoms with E-state index in [9.17, 15) is 0 Å². The van der Waals surface area contributed by atoms with Crippen LogP contribution in [0.3, 0.4) is 0 Å². The Labute approximate surface area is 98.0 Å². The molecule has 0 aromatic carbocycles. The summed E-state index contributed by atoms with van der Waals surface area (Å²) < 4.78 is 1.26. The number of nitrogens with one attached hydrogen (secondary N) is 1. The van der Waals surface area contributed by atoms with Crippen molar-refractivity contribution >= 4 is 27.3 Å². The minimum Gasteiger partial charge on any atom is -0.317 e. The molecule has 14 heavy (non-hydrogen) atoms. The van der Waals surface area contributed by atoms with Gasteiger partial charge in [0, 0.05) is 10.9 Å². The van der Waals surface area contributed by atoms with Gasteiger partial charge in [0.25, 0.3) is 0 Å². The largest absolute Gasteiger partial charge is 0.317 e. The Balaban J connectivity index is 2.07. The van der Waals surface area contributed by atoms with E-state index in [2.05, 4.69) is 47.4 Å². The number of halogens is 1. The molecule has 0 aliphatic heterocycles. The fourth-order valence-electron chi connectivity index (χ4n) is 2.46. The van der Waals surface area contributed by atoms with Crippen molar-refractivity contribution < 1.29 is 0 Å². The van der Waals surface area contributed by atoms with Gasteiger partial charge in [-0.2, -0.15) is 0 Å². The molecule has 1 N–H and O–H groups in total. The highest BCUT2D eigenvalue weighted by atomic mass is 79.9. The zero-order valence-electron chi connectivity index (χ0n) is 8.59. The molecule has 3 atom stereocenters. The lowest BCUT2D eigenvalue weighted by Gasteiger charge is -2.44. The minimum atomic E-state index is 0.742. The standard InChI is InChI=1S/C11H16BrNS/c1-3-7-8(6-9(7)13-2)10-4-5-11(12)14-10/h4-5,7-9,13H,3,6H2,1-2H3. The molecule has 78 valence electrons. The van der Waals surface area contributed by atoms with Gasteiger partial charge in [-0.15, -0.1) is 11.3 Å². The van der Waals surface area contributed by atoms with Gasteiger partial charge in [-0.3, -0.25) is 0 Å². The van der Waals surface area contributed by atoms with E-state index in [0.29, 0.717) is 0 Å². The molecule has 0 bridgehead atoms. The maximum atomic E-state index is 3.53. The summed E-state index contributed by atoms with van der Waals surface area (Å²) >= 11 is 5.42. The lowest BCUT2D eigenvalue weighted by Crippen LogP contribution is -2.47. The molecule has 3 heteroatoms. The van der Waals surface area contributed by atoms with Crippen LogP contribution in [0.5, 0.6) is 0 Å². The van der Waals surface area contributed by atoms with E-state index in [1.807, 2.05) is 11.3 Å². The van der Waals surface area contributed by atoms with Crippen molar-refractivity contribution in [2.24, 2.45) is 5.92 Å². The van der Waals surface area contributed by atoms with Crippen LogP contribution in [0.1, 0.15) is 30.6 Å². The predicted octanol–water partition coefficient (Wildman–Crippen LogP) is 3.61. The summed E-state index contributed by atoms with van der Waals surface area (Å²) in [5.74, 6) is 1.64. The number of rotatable bonds is 3. The quantitative estimate of drug-likeness (QED) is 0.887. The zero-order chi connectivity index (χ0) is 10.1. The maximum Gasteiger partial charge on any atom is 0.0701 e. The summed E-state index contributed by atoms with van der Waals surface area (Å²) in [6.07, 6.45) is 2.59. The third kappa shape index (κ3) is 1.77. The lowest BCUT2D eigenvalue weighted by molar-refractivity contribution is 0.172. The van der Waals surface area contributed by atoms with Gasteiger partial charge in [0.15, 0.2) is 0 Å². The van der Waals surface area contributed by atoms with Crippen molar-refractivity contribution in [3.05, 3.63) is 20.8 Å². The Hall–Kier alpha value is 0.140. The fourth-order valence-corrected chi connectivity index (χ4v) is 4.08. The van der Waals surface area contributed by atoms with E-state index in [1.54, 1.807) is 4.88 Å². The van der Waals surface area contributed by atoms with Crippen molar-refractivity contribution in [3.63, 3.8) is 0 Å². The highest BCUT2D eigenvalue weighted by molar-refractivity contribution is 9.11. The summed E-state index contributed by atoms with van der Waals surface area (Å²) in [7, 11) is 2.08. The van der Waals surface area contributed by atoms with Gasteiger partial charge < -0.3 is 5.32 Å². The van der Waals surface area contributed by atoms with E-state index in [0.717, 1.165) is 17.9 Å². The smallest absolute Gasteiger partial charge is 0.0701 e. The van der Waals surface area contributed by atoms with Crippen LogP contribution < -0.4 is 5.32 Å². The Morgan fingerprint density at radius 3 is 2.86 bits per heavy atom. The third-order valence-electron chi connectivity index (χ3n) is 3.34. The van der Waals surface area contributed by atoms with Crippen LogP contribution in [0, 0.1) is 5.92 Å². The molecule has 1 heterocycles. The third-order valence-corrected chi connectivity index (χ3v) is 5.10. The van der Waals surface area contributed by atoms with Crippen molar-refractivity contribution in [3.8, 4) is 0 Å². The minimum absolute atomic E-state index is 0.742. The Bertz CT molecular complexity index is 310. The molecule has 3 unspecified atom stereocenters. The first-order valence-corrected chi connectivity index (χ1v) is 6.79. The van der Waals surface area contributed by atoms with Gasteiger partial charge in [-0.25, -0.2) is 0 Å². The molecule has 1 aromatic rings. The second kappa shape index (κ2) is 4.33. The summed E-state index contributed by atoms with van der Waals surface area (Å²) in [4.78, 5) is 1.55. The average molecular weight is 274 g/mol. The lowest BCUT2D eigenvalue weighted by atomic mass is 9.67. The van der Waals surface area contributed by atoms with Crippen molar-refractivity contribution in [1.82, 2.24) is 5.32 Å². The van der Waals surface area contributed by atoms with E-state index in [1.165, 1.54) is 16.6 Å². The molecular formula is C11H16BrNS. The molecule has 1 fully saturated rings. The average Bonchev–Trinajstić information content (AvgIpc) is 2.52. The molecule has 0 spiro atoms. The monoisotopic (exact) mass is 273 g/mol. The first kappa shape index (κ1) is 10.7. The summed E-state index contributed by atoms with van der Waals surface area (Å²) in [5, 5.41) is 3.40. The molecule has 0 saturated heterocycles. The number of hydrogen-bond acceptors (Lipinski definition) is 2. The second-order valence-corrected chi connectivity index (χ2v) is 6.45. The normalized spacial score (nSPS) is 31.5. The van der Waals surface area contributed by atoms with Crippen LogP contribution in [-0.4, -0.2) is 13.1 Å². The fraction of sp³-hybridized carbons (Fsp3) is 0.636. The molecule has 1 aliphatic rings. The molecule has 1 saturated carbocycles. The number of thiophene rings is 1. The molecule has 0 radical (unpaired) electrons. The van der Waals surface area contributed by atoms with E-state index < -0.39 is 0 Å². The van der Waals surface area contributed by atoms with Crippen molar-refractivity contribution in [1.29, 1.82) is 0 Å². The van der Waals surface area contributed by atoms with Crippen LogP contribution in [0.4, 0.5) is 0 Å². The van der Waals surface area contributed by atoms with Gasteiger partial charge in [-0.05, 0) is 53.4 Å². The number of hydrogen-bond donors (Lipinski definition) is 1. The summed E-state index contributed by atoms with van der Waals surface area (Å²) in [6, 6.07) is 5.18.